The molecule has 1 heterocycles. The predicted molar refractivity (Wildman–Crippen MR) is 71.4 cm³/mol. The number of nitrogens with one attached hydrogen (secondary N) is 1. The summed E-state index contributed by atoms with van der Waals surface area (Å²) in [6.45, 7) is 3.18. The van der Waals surface area contributed by atoms with Gasteiger partial charge in [-0.25, -0.2) is 0 Å². The lowest BCUT2D eigenvalue weighted by Gasteiger charge is -2.32. The molecule has 3 N–H and O–H groups in total. The van der Waals surface area contributed by atoms with Crippen LogP contribution in [-0.4, -0.2) is 24.7 Å². The van der Waals surface area contributed by atoms with E-state index in [4.69, 9.17) is 10.5 Å². The highest BCUT2D eigenvalue weighted by atomic mass is 16.5. The Hall–Kier alpha value is -1.39. The van der Waals surface area contributed by atoms with Crippen molar-refractivity contribution in [1.82, 2.24) is 0 Å². The van der Waals surface area contributed by atoms with Gasteiger partial charge >= 0.3 is 0 Å². The summed E-state index contributed by atoms with van der Waals surface area (Å²) < 4.78 is 5.25. The average molecular weight is 248 g/mol. The van der Waals surface area contributed by atoms with Crippen molar-refractivity contribution in [3.63, 3.8) is 0 Å². The van der Waals surface area contributed by atoms with Gasteiger partial charge in [-0.3, -0.25) is 4.79 Å². The van der Waals surface area contributed by atoms with Crippen LogP contribution >= 0.6 is 0 Å². The second-order valence-electron chi connectivity index (χ2n) is 4.73. The van der Waals surface area contributed by atoms with Gasteiger partial charge in [-0.15, -0.1) is 0 Å². The fourth-order valence-corrected chi connectivity index (χ4v) is 2.16. The number of carbonyl (C=O) groups is 1. The largest absolute Gasteiger partial charge is 0.381 e. The fourth-order valence-electron chi connectivity index (χ4n) is 2.16. The van der Waals surface area contributed by atoms with Crippen molar-refractivity contribution in [3.05, 3.63) is 29.8 Å². The van der Waals surface area contributed by atoms with E-state index in [1.165, 1.54) is 0 Å². The monoisotopic (exact) mass is 248 g/mol. The molecule has 1 aliphatic rings. The van der Waals surface area contributed by atoms with Gasteiger partial charge in [0.2, 0.25) is 5.91 Å². The zero-order valence-corrected chi connectivity index (χ0v) is 10.7. The Balaban J connectivity index is 2.10. The highest BCUT2D eigenvalue weighted by Gasteiger charge is 2.36. The number of benzene rings is 1. The first-order chi connectivity index (χ1) is 8.65. The van der Waals surface area contributed by atoms with Crippen LogP contribution < -0.4 is 11.1 Å². The number of carbonyl (C=O) groups excluding carboxylic acids is 1. The van der Waals surface area contributed by atoms with E-state index in [-0.39, 0.29) is 5.91 Å². The third-order valence-corrected chi connectivity index (χ3v) is 3.48. The number of aryl methyl sites for hydroxylation is 1. The summed E-state index contributed by atoms with van der Waals surface area (Å²) >= 11 is 0. The zero-order chi connectivity index (χ0) is 13.0. The minimum atomic E-state index is -0.793. The molecule has 18 heavy (non-hydrogen) atoms. The van der Waals surface area contributed by atoms with Crippen LogP contribution in [0.1, 0.15) is 25.3 Å². The van der Waals surface area contributed by atoms with Gasteiger partial charge in [0, 0.05) is 18.9 Å². The van der Waals surface area contributed by atoms with Crippen LogP contribution in [0.25, 0.3) is 0 Å². The number of anilines is 1. The third-order valence-electron chi connectivity index (χ3n) is 3.48. The SMILES string of the molecule is CCc1ccccc1NC(=O)C1(N)CCOCC1. The number of hydrogen-bond acceptors (Lipinski definition) is 3. The van der Waals surface area contributed by atoms with Crippen molar-refractivity contribution in [1.29, 1.82) is 0 Å². The molecule has 0 saturated carbocycles. The van der Waals surface area contributed by atoms with Crippen LogP contribution in [-0.2, 0) is 16.0 Å². The number of amides is 1. The Morgan fingerprint density at radius 2 is 2.06 bits per heavy atom. The highest BCUT2D eigenvalue weighted by Crippen LogP contribution is 2.22. The summed E-state index contributed by atoms with van der Waals surface area (Å²) in [7, 11) is 0. The van der Waals surface area contributed by atoms with E-state index in [1.807, 2.05) is 24.3 Å². The van der Waals surface area contributed by atoms with E-state index in [0.717, 1.165) is 17.7 Å². The van der Waals surface area contributed by atoms with Gasteiger partial charge in [-0.05, 0) is 30.9 Å². The number of ether oxygens (including phenoxy) is 1. The van der Waals surface area contributed by atoms with Gasteiger partial charge in [0.1, 0.15) is 5.54 Å². The molecule has 2 rings (SSSR count). The Labute approximate surface area is 108 Å². The third kappa shape index (κ3) is 2.71. The Bertz CT molecular complexity index is 426. The van der Waals surface area contributed by atoms with E-state index in [9.17, 15) is 4.79 Å². The van der Waals surface area contributed by atoms with Gasteiger partial charge < -0.3 is 15.8 Å². The maximum atomic E-state index is 12.3. The molecule has 1 aromatic rings. The zero-order valence-electron chi connectivity index (χ0n) is 10.7. The molecule has 4 nitrogen and oxygen atoms in total. The first-order valence-corrected chi connectivity index (χ1v) is 6.42. The second-order valence-corrected chi connectivity index (χ2v) is 4.73. The highest BCUT2D eigenvalue weighted by molar-refractivity contribution is 5.98. The van der Waals surface area contributed by atoms with Crippen molar-refractivity contribution in [2.24, 2.45) is 5.73 Å². The summed E-state index contributed by atoms with van der Waals surface area (Å²) in [6.07, 6.45) is 2.04. The molecule has 98 valence electrons. The van der Waals surface area contributed by atoms with Gasteiger partial charge in [0.05, 0.1) is 0 Å². The minimum absolute atomic E-state index is 0.105. The molecule has 0 aliphatic carbocycles. The van der Waals surface area contributed by atoms with Crippen molar-refractivity contribution in [2.75, 3.05) is 18.5 Å². The lowest BCUT2D eigenvalue weighted by Crippen LogP contribution is -2.54. The van der Waals surface area contributed by atoms with Gasteiger partial charge in [-0.1, -0.05) is 25.1 Å². The van der Waals surface area contributed by atoms with Crippen LogP contribution in [0.15, 0.2) is 24.3 Å². The summed E-state index contributed by atoms with van der Waals surface area (Å²) in [5, 5.41) is 2.95. The van der Waals surface area contributed by atoms with E-state index in [2.05, 4.69) is 12.2 Å². The van der Waals surface area contributed by atoms with Gasteiger partial charge in [0.25, 0.3) is 0 Å². The molecular formula is C14H20N2O2. The van der Waals surface area contributed by atoms with Gasteiger partial charge in [0.15, 0.2) is 0 Å². The summed E-state index contributed by atoms with van der Waals surface area (Å²) in [4.78, 5) is 12.3. The molecule has 0 radical (unpaired) electrons. The number of rotatable bonds is 3. The van der Waals surface area contributed by atoms with Crippen LogP contribution in [0.2, 0.25) is 0 Å². The quantitative estimate of drug-likeness (QED) is 0.855. The van der Waals surface area contributed by atoms with E-state index in [1.54, 1.807) is 0 Å². The van der Waals surface area contributed by atoms with Gasteiger partial charge in [-0.2, -0.15) is 0 Å². The molecule has 4 heteroatoms. The van der Waals surface area contributed by atoms with Crippen LogP contribution in [0.3, 0.4) is 0 Å². The molecule has 0 atom stereocenters. The molecule has 1 saturated heterocycles. The molecule has 1 aliphatic heterocycles. The topological polar surface area (TPSA) is 64.4 Å². The van der Waals surface area contributed by atoms with Crippen LogP contribution in [0, 0.1) is 0 Å². The van der Waals surface area contributed by atoms with Crippen LogP contribution in [0.5, 0.6) is 0 Å². The Morgan fingerprint density at radius 3 is 2.72 bits per heavy atom. The number of nitrogens with two attached hydrogens (primary N) is 1. The molecule has 0 unspecified atom stereocenters. The number of hydrogen-bond donors (Lipinski definition) is 2. The molecule has 1 amide bonds. The normalized spacial score (nSPS) is 18.3. The first-order valence-electron chi connectivity index (χ1n) is 6.42. The number of para-hydroxylation sites is 1. The molecule has 1 fully saturated rings. The van der Waals surface area contributed by atoms with Crippen LogP contribution in [0.4, 0.5) is 5.69 Å². The average Bonchev–Trinajstić information content (AvgIpc) is 2.40. The Morgan fingerprint density at radius 1 is 1.39 bits per heavy atom. The standard InChI is InChI=1S/C14H20N2O2/c1-2-11-5-3-4-6-12(11)16-13(17)14(15)7-9-18-10-8-14/h3-6H,2,7-10,15H2,1H3,(H,16,17). The van der Waals surface area contributed by atoms with E-state index >= 15 is 0 Å². The lowest BCUT2D eigenvalue weighted by molar-refractivity contribution is -0.124. The fraction of sp³-hybridized carbons (Fsp3) is 0.500. The van der Waals surface area contributed by atoms with E-state index in [0.29, 0.717) is 26.1 Å². The predicted octanol–water partition coefficient (Wildman–Crippen LogP) is 1.70. The molecule has 0 spiro atoms. The van der Waals surface area contributed by atoms with Crippen molar-refractivity contribution >= 4 is 11.6 Å². The van der Waals surface area contributed by atoms with Crippen molar-refractivity contribution in [3.8, 4) is 0 Å². The Kier molecular flexibility index (Phi) is 3.99. The summed E-state index contributed by atoms with van der Waals surface area (Å²) in [5.74, 6) is -0.105. The summed E-state index contributed by atoms with van der Waals surface area (Å²) in [6, 6.07) is 7.82. The van der Waals surface area contributed by atoms with E-state index < -0.39 is 5.54 Å². The molecule has 0 aromatic heterocycles. The molecular weight excluding hydrogens is 228 g/mol. The first kappa shape index (κ1) is 13.1. The van der Waals surface area contributed by atoms with Crippen molar-refractivity contribution in [2.45, 2.75) is 31.7 Å². The summed E-state index contributed by atoms with van der Waals surface area (Å²) in [5.41, 5.74) is 7.35. The maximum absolute atomic E-state index is 12.3. The second kappa shape index (κ2) is 5.50. The van der Waals surface area contributed by atoms with Crippen molar-refractivity contribution < 1.29 is 9.53 Å². The smallest absolute Gasteiger partial charge is 0.244 e. The molecule has 0 bridgehead atoms. The molecule has 1 aromatic carbocycles. The lowest BCUT2D eigenvalue weighted by atomic mass is 9.90. The maximum Gasteiger partial charge on any atom is 0.244 e. The minimum Gasteiger partial charge on any atom is -0.381 e.